The summed E-state index contributed by atoms with van der Waals surface area (Å²) in [6, 6.07) is 8.18. The van der Waals surface area contributed by atoms with E-state index < -0.39 is 0 Å². The molecule has 3 nitrogen and oxygen atoms in total. The summed E-state index contributed by atoms with van der Waals surface area (Å²) in [4.78, 5) is 2.45. The van der Waals surface area contributed by atoms with Gasteiger partial charge in [0.05, 0.1) is 6.61 Å². The lowest BCUT2D eigenvalue weighted by atomic mass is 10.1. The second kappa shape index (κ2) is 5.43. The molecule has 16 heavy (non-hydrogen) atoms. The fourth-order valence-electron chi connectivity index (χ4n) is 2.26. The summed E-state index contributed by atoms with van der Waals surface area (Å²) in [7, 11) is 0. The molecule has 3 heteroatoms. The topological polar surface area (TPSA) is 49.5 Å². The van der Waals surface area contributed by atoms with Crippen LogP contribution in [0, 0.1) is 5.92 Å². The average molecular weight is 220 g/mol. The lowest BCUT2D eigenvalue weighted by Crippen LogP contribution is -2.22. The molecule has 1 aromatic carbocycles. The maximum atomic E-state index is 8.96. The van der Waals surface area contributed by atoms with Crippen molar-refractivity contribution in [1.82, 2.24) is 4.90 Å². The van der Waals surface area contributed by atoms with Crippen LogP contribution in [0.2, 0.25) is 0 Å². The van der Waals surface area contributed by atoms with Crippen LogP contribution in [-0.2, 0) is 13.2 Å². The van der Waals surface area contributed by atoms with Crippen molar-refractivity contribution in [2.24, 2.45) is 11.7 Å². The Bertz CT molecular complexity index is 323. The van der Waals surface area contributed by atoms with Gasteiger partial charge in [-0.1, -0.05) is 24.3 Å². The third-order valence-electron chi connectivity index (χ3n) is 3.32. The minimum Gasteiger partial charge on any atom is -0.392 e. The quantitative estimate of drug-likeness (QED) is 0.794. The van der Waals surface area contributed by atoms with Crippen LogP contribution in [0.5, 0.6) is 0 Å². The van der Waals surface area contributed by atoms with Gasteiger partial charge in [-0.05, 0) is 36.6 Å². The van der Waals surface area contributed by atoms with Crippen molar-refractivity contribution in [3.05, 3.63) is 35.4 Å². The molecule has 1 saturated heterocycles. The normalized spacial score (nSPS) is 21.5. The van der Waals surface area contributed by atoms with Gasteiger partial charge in [0.1, 0.15) is 0 Å². The van der Waals surface area contributed by atoms with E-state index in [4.69, 9.17) is 10.8 Å². The minimum absolute atomic E-state index is 0.124. The van der Waals surface area contributed by atoms with E-state index in [9.17, 15) is 0 Å². The molecule has 0 aromatic heterocycles. The molecule has 0 saturated carbocycles. The Balaban J connectivity index is 1.89. The van der Waals surface area contributed by atoms with E-state index in [0.717, 1.165) is 31.7 Å². The molecule has 2 rings (SSSR count). The Morgan fingerprint density at radius 2 is 1.94 bits per heavy atom. The number of nitrogens with two attached hydrogens (primary N) is 1. The van der Waals surface area contributed by atoms with E-state index in [1.807, 2.05) is 12.1 Å². The number of rotatable bonds is 4. The minimum atomic E-state index is 0.124. The summed E-state index contributed by atoms with van der Waals surface area (Å²) in [6.45, 7) is 4.21. The standard InChI is InChI=1S/C13H20N2O/c14-7-13-5-6-15(9-13)8-11-1-3-12(10-16)4-2-11/h1-4,13,16H,5-10,14H2. The van der Waals surface area contributed by atoms with E-state index in [1.54, 1.807) is 0 Å². The highest BCUT2D eigenvalue weighted by Gasteiger charge is 2.20. The first-order valence-corrected chi connectivity index (χ1v) is 5.93. The summed E-state index contributed by atoms with van der Waals surface area (Å²) in [5.74, 6) is 0.678. The Morgan fingerprint density at radius 3 is 2.50 bits per heavy atom. The maximum absolute atomic E-state index is 8.96. The number of hydrogen-bond acceptors (Lipinski definition) is 3. The Labute approximate surface area is 96.9 Å². The molecular weight excluding hydrogens is 200 g/mol. The van der Waals surface area contributed by atoms with Crippen LogP contribution in [0.15, 0.2) is 24.3 Å². The molecule has 0 spiro atoms. The monoisotopic (exact) mass is 220 g/mol. The molecule has 3 N–H and O–H groups in total. The van der Waals surface area contributed by atoms with Crippen LogP contribution >= 0.6 is 0 Å². The predicted molar refractivity (Wildman–Crippen MR) is 64.8 cm³/mol. The molecular formula is C13H20N2O. The van der Waals surface area contributed by atoms with Crippen LogP contribution in [0.4, 0.5) is 0 Å². The molecule has 0 aliphatic carbocycles. The maximum Gasteiger partial charge on any atom is 0.0681 e. The zero-order valence-electron chi connectivity index (χ0n) is 9.60. The van der Waals surface area contributed by atoms with Gasteiger partial charge in [-0.2, -0.15) is 0 Å². The first-order valence-electron chi connectivity index (χ1n) is 5.93. The smallest absolute Gasteiger partial charge is 0.0681 e. The second-order valence-corrected chi connectivity index (χ2v) is 4.60. The zero-order chi connectivity index (χ0) is 11.4. The first kappa shape index (κ1) is 11.6. The molecule has 0 bridgehead atoms. The summed E-state index contributed by atoms with van der Waals surface area (Å²) in [5, 5.41) is 8.96. The number of benzene rings is 1. The van der Waals surface area contributed by atoms with Crippen molar-refractivity contribution >= 4 is 0 Å². The second-order valence-electron chi connectivity index (χ2n) is 4.60. The number of hydrogen-bond donors (Lipinski definition) is 2. The van der Waals surface area contributed by atoms with Crippen molar-refractivity contribution in [2.75, 3.05) is 19.6 Å². The van der Waals surface area contributed by atoms with Gasteiger partial charge in [-0.15, -0.1) is 0 Å². The van der Waals surface area contributed by atoms with Crippen molar-refractivity contribution in [3.8, 4) is 0 Å². The number of aliphatic hydroxyl groups excluding tert-OH is 1. The summed E-state index contributed by atoms with van der Waals surface area (Å²) < 4.78 is 0. The molecule has 0 radical (unpaired) electrons. The number of nitrogens with zero attached hydrogens (tertiary/aromatic N) is 1. The van der Waals surface area contributed by atoms with E-state index in [1.165, 1.54) is 12.0 Å². The highest BCUT2D eigenvalue weighted by atomic mass is 16.3. The molecule has 0 amide bonds. The van der Waals surface area contributed by atoms with Gasteiger partial charge in [0.25, 0.3) is 0 Å². The zero-order valence-corrected chi connectivity index (χ0v) is 9.60. The van der Waals surface area contributed by atoms with Gasteiger partial charge in [-0.25, -0.2) is 0 Å². The third-order valence-corrected chi connectivity index (χ3v) is 3.32. The fourth-order valence-corrected chi connectivity index (χ4v) is 2.26. The van der Waals surface area contributed by atoms with Crippen molar-refractivity contribution in [1.29, 1.82) is 0 Å². The number of likely N-dealkylation sites (tertiary alicyclic amines) is 1. The highest BCUT2D eigenvalue weighted by molar-refractivity contribution is 5.21. The van der Waals surface area contributed by atoms with E-state index >= 15 is 0 Å². The number of aliphatic hydroxyl groups is 1. The lowest BCUT2D eigenvalue weighted by Gasteiger charge is -2.15. The largest absolute Gasteiger partial charge is 0.392 e. The van der Waals surface area contributed by atoms with Crippen LogP contribution in [-0.4, -0.2) is 29.6 Å². The first-order chi connectivity index (χ1) is 7.81. The van der Waals surface area contributed by atoms with Gasteiger partial charge >= 0.3 is 0 Å². The van der Waals surface area contributed by atoms with Crippen molar-refractivity contribution in [3.63, 3.8) is 0 Å². The Hall–Kier alpha value is -0.900. The molecule has 1 aliphatic rings. The van der Waals surface area contributed by atoms with Crippen LogP contribution in [0.1, 0.15) is 17.5 Å². The van der Waals surface area contributed by atoms with Crippen LogP contribution < -0.4 is 5.73 Å². The van der Waals surface area contributed by atoms with E-state index in [-0.39, 0.29) is 6.61 Å². The predicted octanol–water partition coefficient (Wildman–Crippen LogP) is 0.959. The fraction of sp³-hybridized carbons (Fsp3) is 0.538. The lowest BCUT2D eigenvalue weighted by molar-refractivity contribution is 0.281. The Morgan fingerprint density at radius 1 is 1.25 bits per heavy atom. The van der Waals surface area contributed by atoms with Gasteiger partial charge in [0, 0.05) is 13.1 Å². The van der Waals surface area contributed by atoms with Gasteiger partial charge < -0.3 is 10.8 Å². The van der Waals surface area contributed by atoms with Crippen LogP contribution in [0.25, 0.3) is 0 Å². The van der Waals surface area contributed by atoms with Gasteiger partial charge in [-0.3, -0.25) is 4.90 Å². The average Bonchev–Trinajstić information content (AvgIpc) is 2.78. The molecule has 88 valence electrons. The highest BCUT2D eigenvalue weighted by Crippen LogP contribution is 2.17. The van der Waals surface area contributed by atoms with Gasteiger partial charge in [0.2, 0.25) is 0 Å². The van der Waals surface area contributed by atoms with E-state index in [2.05, 4.69) is 17.0 Å². The molecule has 1 fully saturated rings. The van der Waals surface area contributed by atoms with Crippen molar-refractivity contribution < 1.29 is 5.11 Å². The summed E-state index contributed by atoms with van der Waals surface area (Å²) >= 11 is 0. The molecule has 1 heterocycles. The van der Waals surface area contributed by atoms with Crippen molar-refractivity contribution in [2.45, 2.75) is 19.6 Å². The molecule has 1 aliphatic heterocycles. The molecule has 1 aromatic rings. The Kier molecular flexibility index (Phi) is 3.93. The van der Waals surface area contributed by atoms with Crippen LogP contribution in [0.3, 0.4) is 0 Å². The summed E-state index contributed by atoms with van der Waals surface area (Å²) in [6.07, 6.45) is 1.23. The molecule has 1 unspecified atom stereocenters. The van der Waals surface area contributed by atoms with E-state index in [0.29, 0.717) is 5.92 Å². The molecule has 1 atom stereocenters. The summed E-state index contributed by atoms with van der Waals surface area (Å²) in [5.41, 5.74) is 7.96. The SMILES string of the molecule is NCC1CCN(Cc2ccc(CO)cc2)C1. The third kappa shape index (κ3) is 2.82. The van der Waals surface area contributed by atoms with Gasteiger partial charge in [0.15, 0.2) is 0 Å².